The highest BCUT2D eigenvalue weighted by Gasteiger charge is 2.11. The van der Waals surface area contributed by atoms with Gasteiger partial charge in [-0.1, -0.05) is 18.2 Å². The lowest BCUT2D eigenvalue weighted by atomic mass is 10.2. The van der Waals surface area contributed by atoms with Gasteiger partial charge < -0.3 is 4.57 Å². The maximum absolute atomic E-state index is 13.1. The molecule has 0 radical (unpaired) electrons. The van der Waals surface area contributed by atoms with Crippen LogP contribution in [0.25, 0.3) is 11.0 Å². The Morgan fingerprint density at radius 2 is 2.04 bits per heavy atom. The summed E-state index contributed by atoms with van der Waals surface area (Å²) in [6.45, 7) is 0. The van der Waals surface area contributed by atoms with Crippen molar-refractivity contribution in [3.8, 4) is 0 Å². The predicted molar refractivity (Wildman–Crippen MR) is 86.5 cm³/mol. The number of carbonyl (C=O) groups is 1. The number of nitrogens with zero attached hydrogens (tertiary/aromatic N) is 3. The summed E-state index contributed by atoms with van der Waals surface area (Å²) in [6, 6.07) is 10.9. The third-order valence-corrected chi connectivity index (χ3v) is 3.54. The van der Waals surface area contributed by atoms with Gasteiger partial charge in [-0.2, -0.15) is 5.10 Å². The van der Waals surface area contributed by atoms with Crippen LogP contribution in [0.3, 0.4) is 0 Å². The molecule has 7 heteroatoms. The number of hydrazone groups is 1. The van der Waals surface area contributed by atoms with E-state index in [1.54, 1.807) is 0 Å². The first-order chi connectivity index (χ1) is 11.5. The van der Waals surface area contributed by atoms with Crippen LogP contribution < -0.4 is 5.43 Å². The number of hydrogen-bond donors (Lipinski definition) is 1. The monoisotopic (exact) mass is 328 g/mol. The van der Waals surface area contributed by atoms with Crippen LogP contribution in [0.15, 0.2) is 47.6 Å². The molecule has 0 bridgehead atoms. The van der Waals surface area contributed by atoms with Crippen molar-refractivity contribution in [3.63, 3.8) is 0 Å². The minimum atomic E-state index is -0.968. The number of benzene rings is 2. The van der Waals surface area contributed by atoms with Gasteiger partial charge in [0.25, 0.3) is 0 Å². The Hall–Kier alpha value is -3.09. The first-order valence-electron chi connectivity index (χ1n) is 7.22. The normalized spacial score (nSPS) is 11.3. The number of para-hydroxylation sites is 2. The number of rotatable bonds is 4. The molecule has 3 rings (SSSR count). The van der Waals surface area contributed by atoms with Gasteiger partial charge in [-0.3, -0.25) is 4.79 Å². The van der Waals surface area contributed by atoms with Crippen LogP contribution >= 0.6 is 0 Å². The average molecular weight is 328 g/mol. The van der Waals surface area contributed by atoms with E-state index in [1.165, 1.54) is 12.3 Å². The minimum absolute atomic E-state index is 0.0559. The maximum atomic E-state index is 13.1. The molecule has 1 aromatic heterocycles. The van der Waals surface area contributed by atoms with E-state index in [9.17, 15) is 13.6 Å². The lowest BCUT2D eigenvalue weighted by Gasteiger charge is -2.01. The largest absolute Gasteiger partial charge is 0.331 e. The zero-order valence-corrected chi connectivity index (χ0v) is 12.8. The van der Waals surface area contributed by atoms with Crippen molar-refractivity contribution < 1.29 is 13.6 Å². The number of aryl methyl sites for hydroxylation is 1. The number of halogens is 2. The van der Waals surface area contributed by atoms with Crippen molar-refractivity contribution in [2.24, 2.45) is 12.1 Å². The molecular weight excluding hydrogens is 314 g/mol. The summed E-state index contributed by atoms with van der Waals surface area (Å²) in [6.07, 6.45) is 1.30. The number of nitrogens with one attached hydrogen (secondary N) is 1. The van der Waals surface area contributed by atoms with Crippen molar-refractivity contribution >= 4 is 23.2 Å². The molecular formula is C17H14F2N4O. The Morgan fingerprint density at radius 1 is 1.25 bits per heavy atom. The van der Waals surface area contributed by atoms with Gasteiger partial charge in [0, 0.05) is 7.05 Å². The van der Waals surface area contributed by atoms with Crippen LogP contribution in [0.1, 0.15) is 11.4 Å². The maximum Gasteiger partial charge on any atom is 0.247 e. The molecule has 1 heterocycles. The van der Waals surface area contributed by atoms with Crippen molar-refractivity contribution in [1.82, 2.24) is 15.0 Å². The van der Waals surface area contributed by atoms with E-state index in [1.807, 2.05) is 35.9 Å². The second-order valence-corrected chi connectivity index (χ2v) is 5.22. The summed E-state index contributed by atoms with van der Waals surface area (Å²) in [5.41, 5.74) is 4.44. The van der Waals surface area contributed by atoms with Crippen LogP contribution in [0.5, 0.6) is 0 Å². The van der Waals surface area contributed by atoms with Crippen LogP contribution in [0.2, 0.25) is 0 Å². The number of hydrogen-bond acceptors (Lipinski definition) is 3. The van der Waals surface area contributed by atoms with Gasteiger partial charge in [0.15, 0.2) is 11.6 Å². The molecule has 0 saturated carbocycles. The summed E-state index contributed by atoms with van der Waals surface area (Å²) in [7, 11) is 1.84. The molecule has 0 atom stereocenters. The molecule has 0 saturated heterocycles. The van der Waals surface area contributed by atoms with Crippen LogP contribution in [0, 0.1) is 11.6 Å². The first-order valence-corrected chi connectivity index (χ1v) is 7.22. The third-order valence-electron chi connectivity index (χ3n) is 3.54. The zero-order valence-electron chi connectivity index (χ0n) is 12.8. The molecule has 5 nitrogen and oxygen atoms in total. The van der Waals surface area contributed by atoms with Gasteiger partial charge >= 0.3 is 0 Å². The molecule has 0 fully saturated rings. The smallest absolute Gasteiger partial charge is 0.247 e. The summed E-state index contributed by atoms with van der Waals surface area (Å²) >= 11 is 0. The topological polar surface area (TPSA) is 59.3 Å². The van der Waals surface area contributed by atoms with Crippen LogP contribution in [-0.4, -0.2) is 21.7 Å². The molecule has 122 valence electrons. The van der Waals surface area contributed by atoms with E-state index in [0.717, 1.165) is 23.2 Å². The molecule has 0 aliphatic carbocycles. The first kappa shape index (κ1) is 15.8. The number of fused-ring (bicyclic) bond motifs is 1. The van der Waals surface area contributed by atoms with E-state index in [2.05, 4.69) is 15.5 Å². The Balaban J connectivity index is 1.65. The van der Waals surface area contributed by atoms with Crippen molar-refractivity contribution in [2.45, 2.75) is 6.42 Å². The van der Waals surface area contributed by atoms with Gasteiger partial charge in [0.2, 0.25) is 5.91 Å². The highest BCUT2D eigenvalue weighted by molar-refractivity contribution is 5.84. The third kappa shape index (κ3) is 3.29. The standard InChI is InChI=1S/C17H14F2N4O/c1-23-15-5-3-2-4-14(15)21-16(23)9-17(24)22-20-10-11-6-7-12(18)13(19)8-11/h2-8,10H,9H2,1H3,(H,22,24)/b20-10+. The second-order valence-electron chi connectivity index (χ2n) is 5.22. The fourth-order valence-electron chi connectivity index (χ4n) is 2.31. The molecule has 24 heavy (non-hydrogen) atoms. The molecule has 1 amide bonds. The minimum Gasteiger partial charge on any atom is -0.331 e. The molecule has 0 aliphatic heterocycles. The van der Waals surface area contributed by atoms with E-state index in [0.29, 0.717) is 11.4 Å². The molecule has 0 unspecified atom stereocenters. The van der Waals surface area contributed by atoms with Crippen molar-refractivity contribution in [1.29, 1.82) is 0 Å². The van der Waals surface area contributed by atoms with Gasteiger partial charge in [0.1, 0.15) is 5.82 Å². The Kier molecular flexibility index (Phi) is 4.33. The molecule has 3 aromatic rings. The lowest BCUT2D eigenvalue weighted by Crippen LogP contribution is -2.21. The van der Waals surface area contributed by atoms with Crippen LogP contribution in [-0.2, 0) is 18.3 Å². The SMILES string of the molecule is Cn1c(CC(=O)N/N=C/c2ccc(F)c(F)c2)nc2ccccc21. The second kappa shape index (κ2) is 6.57. The Bertz CT molecular complexity index is 933. The fraction of sp³-hybridized carbons (Fsp3) is 0.118. The summed E-state index contributed by atoms with van der Waals surface area (Å²) in [5.74, 6) is -1.65. The van der Waals surface area contributed by atoms with E-state index < -0.39 is 11.6 Å². The van der Waals surface area contributed by atoms with E-state index >= 15 is 0 Å². The van der Waals surface area contributed by atoms with Gasteiger partial charge in [-0.25, -0.2) is 19.2 Å². The van der Waals surface area contributed by atoms with Gasteiger partial charge in [0.05, 0.1) is 23.7 Å². The quantitative estimate of drug-likeness (QED) is 0.591. The molecule has 0 spiro atoms. The highest BCUT2D eigenvalue weighted by atomic mass is 19.2. The predicted octanol–water partition coefficient (Wildman–Crippen LogP) is 2.54. The number of aromatic nitrogens is 2. The summed E-state index contributed by atoms with van der Waals surface area (Å²) < 4.78 is 27.7. The van der Waals surface area contributed by atoms with Gasteiger partial charge in [-0.05, 0) is 29.8 Å². The Morgan fingerprint density at radius 3 is 2.79 bits per heavy atom. The number of imidazole rings is 1. The number of carbonyl (C=O) groups excluding carboxylic acids is 1. The van der Waals surface area contributed by atoms with Crippen molar-refractivity contribution in [3.05, 3.63) is 65.5 Å². The summed E-state index contributed by atoms with van der Waals surface area (Å²) in [5, 5.41) is 3.74. The highest BCUT2D eigenvalue weighted by Crippen LogP contribution is 2.14. The average Bonchev–Trinajstić information content (AvgIpc) is 2.87. The lowest BCUT2D eigenvalue weighted by molar-refractivity contribution is -0.120. The van der Waals surface area contributed by atoms with Crippen molar-refractivity contribution in [2.75, 3.05) is 0 Å². The van der Waals surface area contributed by atoms with E-state index in [4.69, 9.17) is 0 Å². The molecule has 2 aromatic carbocycles. The summed E-state index contributed by atoms with van der Waals surface area (Å²) in [4.78, 5) is 16.3. The van der Waals surface area contributed by atoms with E-state index in [-0.39, 0.29) is 12.3 Å². The Labute approximate surface area is 136 Å². The van der Waals surface area contributed by atoms with Crippen LogP contribution in [0.4, 0.5) is 8.78 Å². The van der Waals surface area contributed by atoms with Gasteiger partial charge in [-0.15, -0.1) is 0 Å². The number of amides is 1. The molecule has 1 N–H and O–H groups in total. The molecule has 0 aliphatic rings. The zero-order chi connectivity index (χ0) is 17.1. The fourth-order valence-corrected chi connectivity index (χ4v) is 2.31.